The maximum atomic E-state index is 9.01. The lowest BCUT2D eigenvalue weighted by Crippen LogP contribution is -2.27. The van der Waals surface area contributed by atoms with Crippen molar-refractivity contribution in [2.75, 3.05) is 24.6 Å². The molecule has 1 saturated heterocycles. The van der Waals surface area contributed by atoms with Crippen LogP contribution in [0.4, 0.5) is 5.82 Å². The first-order valence-corrected chi connectivity index (χ1v) is 6.58. The molecule has 0 bridgehead atoms. The molecule has 0 aromatic carbocycles. The van der Waals surface area contributed by atoms with Crippen molar-refractivity contribution >= 4 is 11.7 Å². The van der Waals surface area contributed by atoms with E-state index in [1.54, 1.807) is 0 Å². The summed E-state index contributed by atoms with van der Waals surface area (Å²) >= 11 is 0. The molecular weight excluding hydrogens is 242 g/mol. The highest BCUT2D eigenvalue weighted by atomic mass is 16.3. The molecule has 0 radical (unpaired) electrons. The summed E-state index contributed by atoms with van der Waals surface area (Å²) in [6.07, 6.45) is 1.84. The minimum absolute atomic E-state index is 0.0381. The van der Waals surface area contributed by atoms with Crippen molar-refractivity contribution in [3.63, 3.8) is 0 Å². The number of aliphatic hydroxyl groups is 1. The van der Waals surface area contributed by atoms with Crippen LogP contribution in [0.5, 0.6) is 0 Å². The van der Waals surface area contributed by atoms with Crippen LogP contribution in [0, 0.1) is 25.2 Å². The highest BCUT2D eigenvalue weighted by Gasteiger charge is 2.27. The van der Waals surface area contributed by atoms with E-state index in [4.69, 9.17) is 16.2 Å². The standard InChI is InChI=1S/C13H21N5O/c1-8-9(2)16-17-13(11(8)12(14)15)18-5-3-10(7-18)4-6-19/h10,19H,3-7H2,1-2H3,(H3,14,15). The number of aromatic nitrogens is 2. The number of hydrogen-bond acceptors (Lipinski definition) is 5. The smallest absolute Gasteiger partial charge is 0.162 e. The Labute approximate surface area is 113 Å². The summed E-state index contributed by atoms with van der Waals surface area (Å²) in [5, 5.41) is 25.1. The zero-order valence-electron chi connectivity index (χ0n) is 11.5. The number of hydrogen-bond donors (Lipinski definition) is 3. The van der Waals surface area contributed by atoms with E-state index < -0.39 is 0 Å². The van der Waals surface area contributed by atoms with Gasteiger partial charge in [-0.25, -0.2) is 0 Å². The van der Waals surface area contributed by atoms with Crippen molar-refractivity contribution in [3.05, 3.63) is 16.8 Å². The maximum absolute atomic E-state index is 9.01. The van der Waals surface area contributed by atoms with Gasteiger partial charge in [-0.1, -0.05) is 0 Å². The highest BCUT2D eigenvalue weighted by Crippen LogP contribution is 2.28. The number of rotatable bonds is 4. The average Bonchev–Trinajstić information content (AvgIpc) is 2.81. The number of nitrogens with one attached hydrogen (secondary N) is 1. The third kappa shape index (κ3) is 2.68. The summed E-state index contributed by atoms with van der Waals surface area (Å²) in [6.45, 7) is 5.74. The van der Waals surface area contributed by atoms with E-state index in [0.717, 1.165) is 37.2 Å². The highest BCUT2D eigenvalue weighted by molar-refractivity contribution is 6.01. The second kappa shape index (κ2) is 5.52. The molecule has 1 aromatic heterocycles. The van der Waals surface area contributed by atoms with Crippen molar-refractivity contribution in [2.45, 2.75) is 26.7 Å². The van der Waals surface area contributed by atoms with Crippen LogP contribution in [0.3, 0.4) is 0 Å². The van der Waals surface area contributed by atoms with Gasteiger partial charge in [0.2, 0.25) is 0 Å². The predicted octanol–water partition coefficient (Wildman–Crippen LogP) is 0.586. The van der Waals surface area contributed by atoms with Crippen LogP contribution >= 0.6 is 0 Å². The zero-order chi connectivity index (χ0) is 14.0. The van der Waals surface area contributed by atoms with Gasteiger partial charge in [0.15, 0.2) is 5.82 Å². The first-order valence-electron chi connectivity index (χ1n) is 6.58. The Morgan fingerprint density at radius 2 is 2.21 bits per heavy atom. The van der Waals surface area contributed by atoms with Gasteiger partial charge in [0.25, 0.3) is 0 Å². The minimum atomic E-state index is 0.0381. The molecule has 1 unspecified atom stereocenters. The van der Waals surface area contributed by atoms with Crippen LogP contribution in [0.25, 0.3) is 0 Å². The van der Waals surface area contributed by atoms with E-state index >= 15 is 0 Å². The van der Waals surface area contributed by atoms with Gasteiger partial charge in [-0.15, -0.1) is 5.10 Å². The summed E-state index contributed by atoms with van der Waals surface area (Å²) in [4.78, 5) is 2.12. The molecule has 0 aliphatic carbocycles. The van der Waals surface area contributed by atoms with Crippen molar-refractivity contribution in [1.29, 1.82) is 5.41 Å². The van der Waals surface area contributed by atoms with E-state index in [9.17, 15) is 0 Å². The summed E-state index contributed by atoms with van der Waals surface area (Å²) in [5.74, 6) is 1.22. The third-order valence-corrected chi connectivity index (χ3v) is 3.83. The predicted molar refractivity (Wildman–Crippen MR) is 74.5 cm³/mol. The summed E-state index contributed by atoms with van der Waals surface area (Å²) in [5.41, 5.74) is 8.11. The maximum Gasteiger partial charge on any atom is 0.162 e. The van der Waals surface area contributed by atoms with Gasteiger partial charge >= 0.3 is 0 Å². The first-order chi connectivity index (χ1) is 9.04. The largest absolute Gasteiger partial charge is 0.396 e. The SMILES string of the molecule is Cc1nnc(N2CCC(CCO)C2)c(C(=N)N)c1C. The lowest BCUT2D eigenvalue weighted by Gasteiger charge is -2.21. The molecule has 1 aliphatic heterocycles. The van der Waals surface area contributed by atoms with Gasteiger partial charge in [-0.3, -0.25) is 5.41 Å². The van der Waals surface area contributed by atoms with Gasteiger partial charge in [0.05, 0.1) is 11.3 Å². The number of nitrogens with zero attached hydrogens (tertiary/aromatic N) is 3. The van der Waals surface area contributed by atoms with Crippen LogP contribution in [-0.4, -0.2) is 40.8 Å². The number of anilines is 1. The Morgan fingerprint density at radius 1 is 1.47 bits per heavy atom. The Kier molecular flexibility index (Phi) is 3.99. The Morgan fingerprint density at radius 3 is 2.84 bits per heavy atom. The average molecular weight is 263 g/mol. The fraction of sp³-hybridized carbons (Fsp3) is 0.615. The fourth-order valence-corrected chi connectivity index (χ4v) is 2.58. The Hall–Kier alpha value is -1.69. The molecule has 6 heteroatoms. The second-order valence-corrected chi connectivity index (χ2v) is 5.14. The van der Waals surface area contributed by atoms with E-state index in [-0.39, 0.29) is 12.4 Å². The van der Waals surface area contributed by atoms with Crippen molar-refractivity contribution in [2.24, 2.45) is 11.7 Å². The molecule has 1 aromatic rings. The molecule has 0 amide bonds. The quantitative estimate of drug-likeness (QED) is 0.545. The van der Waals surface area contributed by atoms with Gasteiger partial charge in [-0.05, 0) is 38.2 Å². The molecule has 0 spiro atoms. The molecule has 4 N–H and O–H groups in total. The number of amidine groups is 1. The topological polar surface area (TPSA) is 99.1 Å². The van der Waals surface area contributed by atoms with Crippen LogP contribution in [0.2, 0.25) is 0 Å². The molecule has 1 fully saturated rings. The van der Waals surface area contributed by atoms with Crippen molar-refractivity contribution in [1.82, 2.24) is 10.2 Å². The van der Waals surface area contributed by atoms with Gasteiger partial charge in [0, 0.05) is 19.7 Å². The molecule has 1 aliphatic rings. The lowest BCUT2D eigenvalue weighted by atomic mass is 10.1. The lowest BCUT2D eigenvalue weighted by molar-refractivity contribution is 0.263. The van der Waals surface area contributed by atoms with Crippen molar-refractivity contribution in [3.8, 4) is 0 Å². The van der Waals surface area contributed by atoms with E-state index in [1.807, 2.05) is 13.8 Å². The number of nitrogens with two attached hydrogens (primary N) is 1. The molecule has 2 heterocycles. The Bertz CT molecular complexity index is 488. The van der Waals surface area contributed by atoms with E-state index in [1.165, 1.54) is 0 Å². The van der Waals surface area contributed by atoms with Crippen LogP contribution in [-0.2, 0) is 0 Å². The van der Waals surface area contributed by atoms with E-state index in [2.05, 4.69) is 15.1 Å². The molecule has 1 atom stereocenters. The van der Waals surface area contributed by atoms with Gasteiger partial charge < -0.3 is 15.7 Å². The minimum Gasteiger partial charge on any atom is -0.396 e. The second-order valence-electron chi connectivity index (χ2n) is 5.14. The third-order valence-electron chi connectivity index (χ3n) is 3.83. The molecule has 104 valence electrons. The number of nitrogen functional groups attached to an aromatic ring is 1. The molecule has 2 rings (SSSR count). The Balaban J connectivity index is 2.31. The summed E-state index contributed by atoms with van der Waals surface area (Å²) < 4.78 is 0. The number of aryl methyl sites for hydroxylation is 1. The van der Waals surface area contributed by atoms with Crippen molar-refractivity contribution < 1.29 is 5.11 Å². The first kappa shape index (κ1) is 13.7. The molecular formula is C13H21N5O. The van der Waals surface area contributed by atoms with Gasteiger partial charge in [0.1, 0.15) is 5.84 Å². The summed E-state index contributed by atoms with van der Waals surface area (Å²) in [6, 6.07) is 0. The molecule has 0 saturated carbocycles. The van der Waals surface area contributed by atoms with Gasteiger partial charge in [-0.2, -0.15) is 5.10 Å². The zero-order valence-corrected chi connectivity index (χ0v) is 11.5. The molecule has 19 heavy (non-hydrogen) atoms. The number of aliphatic hydroxyl groups excluding tert-OH is 1. The van der Waals surface area contributed by atoms with E-state index in [0.29, 0.717) is 17.3 Å². The monoisotopic (exact) mass is 263 g/mol. The van der Waals surface area contributed by atoms with Crippen LogP contribution in [0.1, 0.15) is 29.7 Å². The summed E-state index contributed by atoms with van der Waals surface area (Å²) in [7, 11) is 0. The fourth-order valence-electron chi connectivity index (χ4n) is 2.58. The van der Waals surface area contributed by atoms with Crippen LogP contribution in [0.15, 0.2) is 0 Å². The molecule has 6 nitrogen and oxygen atoms in total. The van der Waals surface area contributed by atoms with Crippen LogP contribution < -0.4 is 10.6 Å². The normalized spacial score (nSPS) is 18.9.